The van der Waals surface area contributed by atoms with Gasteiger partial charge < -0.3 is 15.0 Å². The highest BCUT2D eigenvalue weighted by molar-refractivity contribution is 9.10. The molecule has 2 rings (SSSR count). The van der Waals surface area contributed by atoms with Crippen molar-refractivity contribution in [1.29, 1.82) is 5.26 Å². The summed E-state index contributed by atoms with van der Waals surface area (Å²) >= 11 is 3.21. The lowest BCUT2D eigenvalue weighted by Crippen LogP contribution is -2.07. The third-order valence-corrected chi connectivity index (χ3v) is 3.31. The third-order valence-electron chi connectivity index (χ3n) is 2.69. The first-order chi connectivity index (χ1) is 11.3. The van der Waals surface area contributed by atoms with Gasteiger partial charge in [-0.2, -0.15) is 5.26 Å². The molecular formula is C16H16BrF2N3O2. The van der Waals surface area contributed by atoms with Crippen LogP contribution in [0.3, 0.4) is 0 Å². The molecule has 0 aliphatic rings. The van der Waals surface area contributed by atoms with Gasteiger partial charge in [0.2, 0.25) is 5.78 Å². The lowest BCUT2D eigenvalue weighted by Gasteiger charge is -2.07. The second kappa shape index (κ2) is 9.15. The number of ether oxygens (including phenoxy) is 1. The number of nitrogens with zero attached hydrogens (tertiary/aromatic N) is 1. The van der Waals surface area contributed by atoms with Crippen molar-refractivity contribution >= 4 is 32.6 Å². The van der Waals surface area contributed by atoms with Gasteiger partial charge in [0.25, 0.3) is 6.43 Å². The van der Waals surface area contributed by atoms with E-state index < -0.39 is 18.8 Å². The highest BCUT2D eigenvalue weighted by Gasteiger charge is 2.15. The number of allylic oxidation sites excluding steroid dienone is 1. The SMILES string of the molecule is C=C(C#N)C(=O)c1cc2cc(OCC(F)F)c(Br)cc2[nH]1.CNC. The molecule has 0 saturated carbocycles. The zero-order chi connectivity index (χ0) is 18.3. The van der Waals surface area contributed by atoms with E-state index in [1.54, 1.807) is 12.1 Å². The first-order valence-electron chi connectivity index (χ1n) is 6.79. The topological polar surface area (TPSA) is 77.9 Å². The molecule has 1 aromatic carbocycles. The van der Waals surface area contributed by atoms with Crippen LogP contribution < -0.4 is 10.1 Å². The Labute approximate surface area is 146 Å². The monoisotopic (exact) mass is 399 g/mol. The average Bonchev–Trinajstić information content (AvgIpc) is 2.94. The van der Waals surface area contributed by atoms with Gasteiger partial charge in [0, 0.05) is 10.9 Å². The Morgan fingerprint density at radius 2 is 2.08 bits per heavy atom. The number of rotatable bonds is 5. The van der Waals surface area contributed by atoms with Crippen LogP contribution in [-0.4, -0.2) is 37.9 Å². The molecule has 0 radical (unpaired) electrons. The number of nitrogens with one attached hydrogen (secondary N) is 2. The molecule has 0 saturated heterocycles. The van der Waals surface area contributed by atoms with E-state index in [0.717, 1.165) is 0 Å². The van der Waals surface area contributed by atoms with Crippen molar-refractivity contribution < 1.29 is 18.3 Å². The molecule has 0 aliphatic carbocycles. The molecule has 0 spiro atoms. The molecule has 0 unspecified atom stereocenters. The maximum atomic E-state index is 12.2. The summed E-state index contributed by atoms with van der Waals surface area (Å²) in [5.41, 5.74) is 0.629. The molecule has 0 atom stereocenters. The van der Waals surface area contributed by atoms with Crippen molar-refractivity contribution in [1.82, 2.24) is 10.3 Å². The summed E-state index contributed by atoms with van der Waals surface area (Å²) in [6.45, 7) is 2.64. The van der Waals surface area contributed by atoms with Gasteiger partial charge in [0.15, 0.2) is 0 Å². The second-order valence-corrected chi connectivity index (χ2v) is 5.53. The molecule has 24 heavy (non-hydrogen) atoms. The fraction of sp³-hybridized carbons (Fsp3) is 0.250. The Morgan fingerprint density at radius 3 is 2.62 bits per heavy atom. The minimum Gasteiger partial charge on any atom is -0.486 e. The van der Waals surface area contributed by atoms with E-state index in [1.807, 2.05) is 14.1 Å². The first kappa shape index (κ1) is 19.8. The summed E-state index contributed by atoms with van der Waals surface area (Å²) in [4.78, 5) is 14.7. The van der Waals surface area contributed by atoms with Gasteiger partial charge in [-0.3, -0.25) is 4.79 Å². The standard InChI is InChI=1S/C14H9BrF2N2O2.C2H7N/c1-7(5-18)14(20)11-2-8-3-12(21-6-13(16)17)9(15)4-10(8)19-11;1-3-2/h2-4,13,19H,1,6H2;3H,1-2H3. The maximum Gasteiger partial charge on any atom is 0.272 e. The van der Waals surface area contributed by atoms with Crippen LogP contribution in [0.2, 0.25) is 0 Å². The Balaban J connectivity index is 0.000000891. The number of fused-ring (bicyclic) bond motifs is 1. The maximum absolute atomic E-state index is 12.2. The number of alkyl halides is 2. The van der Waals surface area contributed by atoms with Crippen molar-refractivity contribution in [2.75, 3.05) is 20.7 Å². The number of ketones is 1. The van der Waals surface area contributed by atoms with Gasteiger partial charge in [-0.15, -0.1) is 0 Å². The van der Waals surface area contributed by atoms with Crippen LogP contribution >= 0.6 is 15.9 Å². The molecule has 128 valence electrons. The lowest BCUT2D eigenvalue weighted by molar-refractivity contribution is 0.0816. The Hall–Kier alpha value is -2.24. The van der Waals surface area contributed by atoms with E-state index in [1.165, 1.54) is 12.1 Å². The number of H-pyrrole nitrogens is 1. The fourth-order valence-corrected chi connectivity index (χ4v) is 2.19. The van der Waals surface area contributed by atoms with Gasteiger partial charge in [-0.1, -0.05) is 6.58 Å². The minimum absolute atomic E-state index is 0.185. The number of hydrogen-bond acceptors (Lipinski definition) is 4. The van der Waals surface area contributed by atoms with Crippen molar-refractivity contribution in [3.8, 4) is 11.8 Å². The van der Waals surface area contributed by atoms with Gasteiger partial charge >= 0.3 is 0 Å². The molecule has 0 bridgehead atoms. The summed E-state index contributed by atoms with van der Waals surface area (Å²) < 4.78 is 29.8. The van der Waals surface area contributed by atoms with E-state index in [4.69, 9.17) is 10.00 Å². The van der Waals surface area contributed by atoms with Crippen LogP contribution in [0.15, 0.2) is 34.8 Å². The summed E-state index contributed by atoms with van der Waals surface area (Å²) in [5, 5.41) is 12.0. The number of aromatic amines is 1. The van der Waals surface area contributed by atoms with Crippen LogP contribution in [0, 0.1) is 11.3 Å². The third kappa shape index (κ3) is 5.15. The quantitative estimate of drug-likeness (QED) is 0.456. The van der Waals surface area contributed by atoms with Crippen LogP contribution in [0.4, 0.5) is 8.78 Å². The van der Waals surface area contributed by atoms with E-state index in [2.05, 4.69) is 32.8 Å². The zero-order valence-corrected chi connectivity index (χ0v) is 14.7. The van der Waals surface area contributed by atoms with Crippen molar-refractivity contribution in [3.63, 3.8) is 0 Å². The minimum atomic E-state index is -2.57. The van der Waals surface area contributed by atoms with Crippen LogP contribution in [0.1, 0.15) is 10.5 Å². The number of carbonyl (C=O) groups is 1. The van der Waals surface area contributed by atoms with E-state index >= 15 is 0 Å². The predicted octanol–water partition coefficient (Wildman–Crippen LogP) is 3.67. The zero-order valence-electron chi connectivity index (χ0n) is 13.1. The molecule has 1 aromatic heterocycles. The number of carbonyl (C=O) groups excluding carboxylic acids is 1. The molecule has 0 aliphatic heterocycles. The first-order valence-corrected chi connectivity index (χ1v) is 7.58. The van der Waals surface area contributed by atoms with Crippen LogP contribution in [0.25, 0.3) is 10.9 Å². The fourth-order valence-electron chi connectivity index (χ4n) is 1.73. The predicted molar refractivity (Wildman–Crippen MR) is 91.6 cm³/mol. The number of aromatic nitrogens is 1. The Kier molecular flexibility index (Phi) is 7.55. The van der Waals surface area contributed by atoms with Crippen LogP contribution in [0.5, 0.6) is 5.75 Å². The molecule has 8 heteroatoms. The summed E-state index contributed by atoms with van der Waals surface area (Å²) in [5.74, 6) is -0.264. The van der Waals surface area contributed by atoms with Gasteiger partial charge in [-0.05, 0) is 48.2 Å². The molecule has 2 N–H and O–H groups in total. The smallest absolute Gasteiger partial charge is 0.272 e. The number of Topliss-reactive ketones (excluding diaryl/α,β-unsaturated/α-hetero) is 1. The highest BCUT2D eigenvalue weighted by atomic mass is 79.9. The largest absolute Gasteiger partial charge is 0.486 e. The molecule has 0 amide bonds. The van der Waals surface area contributed by atoms with Gasteiger partial charge in [0.05, 0.1) is 15.7 Å². The molecular weight excluding hydrogens is 384 g/mol. The number of nitriles is 1. The average molecular weight is 400 g/mol. The van der Waals surface area contributed by atoms with Crippen molar-refractivity contribution in [3.05, 3.63) is 40.5 Å². The lowest BCUT2D eigenvalue weighted by atomic mass is 10.1. The number of hydrogen-bond donors (Lipinski definition) is 2. The van der Waals surface area contributed by atoms with Gasteiger partial charge in [-0.25, -0.2) is 8.78 Å². The number of benzene rings is 1. The molecule has 2 aromatic rings. The summed E-state index contributed by atoms with van der Waals surface area (Å²) in [6.07, 6.45) is -2.57. The number of halogens is 3. The molecule has 1 heterocycles. The second-order valence-electron chi connectivity index (χ2n) is 4.67. The molecule has 0 fully saturated rings. The molecule has 5 nitrogen and oxygen atoms in total. The van der Waals surface area contributed by atoms with Crippen molar-refractivity contribution in [2.24, 2.45) is 0 Å². The van der Waals surface area contributed by atoms with E-state index in [9.17, 15) is 13.6 Å². The Bertz CT molecular complexity index is 781. The summed E-state index contributed by atoms with van der Waals surface area (Å²) in [7, 11) is 3.75. The van der Waals surface area contributed by atoms with Crippen LogP contribution in [-0.2, 0) is 0 Å². The highest BCUT2D eigenvalue weighted by Crippen LogP contribution is 2.31. The summed E-state index contributed by atoms with van der Waals surface area (Å²) in [6, 6.07) is 6.34. The normalized spacial score (nSPS) is 10.0. The van der Waals surface area contributed by atoms with E-state index in [-0.39, 0.29) is 17.0 Å². The Morgan fingerprint density at radius 1 is 1.46 bits per heavy atom. The van der Waals surface area contributed by atoms with Crippen molar-refractivity contribution in [2.45, 2.75) is 6.43 Å². The van der Waals surface area contributed by atoms with E-state index in [0.29, 0.717) is 15.4 Å². The van der Waals surface area contributed by atoms with Gasteiger partial charge in [0.1, 0.15) is 18.4 Å².